The molecule has 0 radical (unpaired) electrons. The molecule has 1 heterocycles. The number of rotatable bonds is 5. The highest BCUT2D eigenvalue weighted by Gasteiger charge is 2.46. The highest BCUT2D eigenvalue weighted by molar-refractivity contribution is 6.23. The van der Waals surface area contributed by atoms with Crippen molar-refractivity contribution in [1.29, 1.82) is 5.26 Å². The van der Waals surface area contributed by atoms with Gasteiger partial charge in [-0.1, -0.05) is 56.0 Å². The van der Waals surface area contributed by atoms with E-state index >= 15 is 0 Å². The molecule has 1 aliphatic heterocycles. The molecule has 2 fully saturated rings. The summed E-state index contributed by atoms with van der Waals surface area (Å²) in [4.78, 5) is 42.7. The summed E-state index contributed by atoms with van der Waals surface area (Å²) in [5.74, 6) is -0.767. The van der Waals surface area contributed by atoms with Crippen LogP contribution >= 0.6 is 0 Å². The van der Waals surface area contributed by atoms with Crippen LogP contribution in [0.4, 0.5) is 5.69 Å². The predicted octanol–water partition coefficient (Wildman–Crippen LogP) is 3.98. The quantitative estimate of drug-likeness (QED) is 0.532. The molecule has 2 aromatic rings. The van der Waals surface area contributed by atoms with Crippen LogP contribution in [0.1, 0.15) is 56.1 Å². The van der Waals surface area contributed by atoms with Crippen molar-refractivity contribution in [3.8, 4) is 6.07 Å². The van der Waals surface area contributed by atoms with Gasteiger partial charge in [-0.15, -0.1) is 0 Å². The van der Waals surface area contributed by atoms with Crippen molar-refractivity contribution >= 4 is 23.4 Å². The van der Waals surface area contributed by atoms with E-state index in [1.807, 2.05) is 36.4 Å². The van der Waals surface area contributed by atoms with Gasteiger partial charge in [-0.3, -0.25) is 14.4 Å². The summed E-state index contributed by atoms with van der Waals surface area (Å²) in [7, 11) is 0. The van der Waals surface area contributed by atoms with Crippen molar-refractivity contribution in [2.75, 3.05) is 4.90 Å². The maximum atomic E-state index is 13.5. The number of amides is 3. The van der Waals surface area contributed by atoms with Crippen LogP contribution in [0.2, 0.25) is 0 Å². The average molecular weight is 430 g/mol. The highest BCUT2D eigenvalue weighted by atomic mass is 16.2. The Morgan fingerprint density at radius 3 is 2.25 bits per heavy atom. The highest BCUT2D eigenvalue weighted by Crippen LogP contribution is 2.31. The third-order valence-corrected chi connectivity index (χ3v) is 6.42. The van der Waals surface area contributed by atoms with Crippen LogP contribution in [0.15, 0.2) is 54.6 Å². The van der Waals surface area contributed by atoms with Gasteiger partial charge in [0.15, 0.2) is 0 Å². The van der Waals surface area contributed by atoms with E-state index in [4.69, 9.17) is 5.26 Å². The van der Waals surface area contributed by atoms with Gasteiger partial charge in [0.2, 0.25) is 11.8 Å². The van der Waals surface area contributed by atoms with Crippen LogP contribution < -0.4 is 4.90 Å². The Labute approximate surface area is 188 Å². The first kappa shape index (κ1) is 21.8. The molecule has 1 atom stereocenters. The summed E-state index contributed by atoms with van der Waals surface area (Å²) in [5.41, 5.74) is 1.80. The van der Waals surface area contributed by atoms with E-state index in [0.717, 1.165) is 44.1 Å². The molecule has 1 saturated carbocycles. The first-order valence-electron chi connectivity index (χ1n) is 11.3. The lowest BCUT2D eigenvalue weighted by molar-refractivity contribution is -0.140. The van der Waals surface area contributed by atoms with Crippen LogP contribution in [-0.4, -0.2) is 34.7 Å². The minimum absolute atomic E-state index is 0.00410. The van der Waals surface area contributed by atoms with Crippen molar-refractivity contribution in [2.24, 2.45) is 0 Å². The monoisotopic (exact) mass is 429 g/mol. The maximum absolute atomic E-state index is 13.5. The molecule has 0 N–H and O–H groups in total. The van der Waals surface area contributed by atoms with Crippen LogP contribution in [0.3, 0.4) is 0 Å². The molecular weight excluding hydrogens is 402 g/mol. The number of hydrogen-bond acceptors (Lipinski definition) is 4. The lowest BCUT2D eigenvalue weighted by Crippen LogP contribution is -2.51. The zero-order valence-corrected chi connectivity index (χ0v) is 18.1. The van der Waals surface area contributed by atoms with Gasteiger partial charge < -0.3 is 4.90 Å². The van der Waals surface area contributed by atoms with E-state index < -0.39 is 6.04 Å². The van der Waals surface area contributed by atoms with Gasteiger partial charge >= 0.3 is 0 Å². The Bertz CT molecular complexity index is 1020. The largest absolute Gasteiger partial charge is 0.327 e. The molecule has 2 aromatic carbocycles. The van der Waals surface area contributed by atoms with Crippen LogP contribution in [-0.2, 0) is 20.8 Å². The molecule has 4 rings (SSSR count). The standard InChI is InChI=1S/C26H27N3O3/c27-18-20-12-14-22(15-13-20)29-25(31)17-23(26(29)32)28(21-10-6-1-2-7-11-21)24(30)16-19-8-4-3-5-9-19/h3-5,8-9,12-15,21,23H,1-2,6-7,10-11,16-17H2. The maximum Gasteiger partial charge on any atom is 0.257 e. The minimum Gasteiger partial charge on any atom is -0.327 e. The summed E-state index contributed by atoms with van der Waals surface area (Å²) in [6.45, 7) is 0. The third-order valence-electron chi connectivity index (χ3n) is 6.42. The van der Waals surface area contributed by atoms with Gasteiger partial charge in [0.05, 0.1) is 30.2 Å². The van der Waals surface area contributed by atoms with Crippen molar-refractivity contribution in [2.45, 2.75) is 63.5 Å². The molecule has 1 aliphatic carbocycles. The Kier molecular flexibility index (Phi) is 6.65. The molecule has 0 spiro atoms. The van der Waals surface area contributed by atoms with Crippen LogP contribution in [0.5, 0.6) is 0 Å². The van der Waals surface area contributed by atoms with Crippen molar-refractivity contribution in [3.05, 3.63) is 65.7 Å². The SMILES string of the molecule is N#Cc1ccc(N2C(=O)CC(N(C(=O)Cc3ccccc3)C3CCCCCC3)C2=O)cc1. The number of carbonyl (C=O) groups excluding carboxylic acids is 3. The normalized spacial score (nSPS) is 19.5. The first-order valence-corrected chi connectivity index (χ1v) is 11.3. The number of nitrogens with zero attached hydrogens (tertiary/aromatic N) is 3. The van der Waals surface area contributed by atoms with E-state index in [-0.39, 0.29) is 36.6 Å². The Balaban J connectivity index is 1.62. The summed E-state index contributed by atoms with van der Waals surface area (Å²) in [5, 5.41) is 9.02. The number of carbonyl (C=O) groups is 3. The number of anilines is 1. The van der Waals surface area contributed by atoms with Gasteiger partial charge in [-0.25, -0.2) is 4.90 Å². The number of benzene rings is 2. The van der Waals surface area contributed by atoms with Gasteiger partial charge in [0.1, 0.15) is 6.04 Å². The predicted molar refractivity (Wildman–Crippen MR) is 121 cm³/mol. The van der Waals surface area contributed by atoms with Crippen molar-refractivity contribution in [1.82, 2.24) is 4.90 Å². The molecule has 0 aromatic heterocycles. The van der Waals surface area contributed by atoms with Crippen molar-refractivity contribution in [3.63, 3.8) is 0 Å². The first-order chi connectivity index (χ1) is 15.6. The average Bonchev–Trinajstić information content (AvgIpc) is 2.97. The van der Waals surface area contributed by atoms with E-state index in [2.05, 4.69) is 0 Å². The van der Waals surface area contributed by atoms with Crippen LogP contribution in [0.25, 0.3) is 0 Å². The molecule has 32 heavy (non-hydrogen) atoms. The Morgan fingerprint density at radius 2 is 1.62 bits per heavy atom. The molecule has 1 saturated heterocycles. The molecule has 1 unspecified atom stereocenters. The number of imide groups is 1. The van der Waals surface area contributed by atoms with Gasteiger partial charge in [-0.05, 0) is 42.7 Å². The second-order valence-electron chi connectivity index (χ2n) is 8.55. The Hall–Kier alpha value is -3.46. The van der Waals surface area contributed by atoms with Gasteiger partial charge in [0, 0.05) is 6.04 Å². The third kappa shape index (κ3) is 4.57. The van der Waals surface area contributed by atoms with E-state index in [1.165, 1.54) is 4.90 Å². The fourth-order valence-corrected chi connectivity index (χ4v) is 4.82. The molecule has 3 amide bonds. The molecular formula is C26H27N3O3. The number of hydrogen-bond donors (Lipinski definition) is 0. The lowest BCUT2D eigenvalue weighted by atomic mass is 10.0. The summed E-state index contributed by atoms with van der Waals surface area (Å²) >= 11 is 0. The molecule has 0 bridgehead atoms. The van der Waals surface area contributed by atoms with Gasteiger partial charge in [-0.2, -0.15) is 5.26 Å². The zero-order chi connectivity index (χ0) is 22.5. The topological polar surface area (TPSA) is 81.5 Å². The zero-order valence-electron chi connectivity index (χ0n) is 18.1. The summed E-state index contributed by atoms with van der Waals surface area (Å²) in [6, 6.07) is 17.2. The fraction of sp³-hybridized carbons (Fsp3) is 0.385. The van der Waals surface area contributed by atoms with Crippen molar-refractivity contribution < 1.29 is 14.4 Å². The molecule has 164 valence electrons. The fourth-order valence-electron chi connectivity index (χ4n) is 4.82. The van der Waals surface area contributed by atoms with E-state index in [1.54, 1.807) is 29.2 Å². The summed E-state index contributed by atoms with van der Waals surface area (Å²) in [6.07, 6.45) is 6.23. The smallest absolute Gasteiger partial charge is 0.257 e. The molecule has 2 aliphatic rings. The number of nitriles is 1. The Morgan fingerprint density at radius 1 is 0.969 bits per heavy atom. The lowest BCUT2D eigenvalue weighted by Gasteiger charge is -2.35. The van der Waals surface area contributed by atoms with Gasteiger partial charge in [0.25, 0.3) is 5.91 Å². The molecule has 6 nitrogen and oxygen atoms in total. The molecule has 6 heteroatoms. The minimum atomic E-state index is -0.780. The van der Waals surface area contributed by atoms with E-state index in [0.29, 0.717) is 11.3 Å². The second kappa shape index (κ2) is 9.78. The van der Waals surface area contributed by atoms with E-state index in [9.17, 15) is 14.4 Å². The summed E-state index contributed by atoms with van der Waals surface area (Å²) < 4.78 is 0. The second-order valence-corrected chi connectivity index (χ2v) is 8.55. The van der Waals surface area contributed by atoms with Crippen LogP contribution in [0, 0.1) is 11.3 Å².